The lowest BCUT2D eigenvalue weighted by molar-refractivity contribution is -0.132. The van der Waals surface area contributed by atoms with Crippen molar-refractivity contribution in [2.24, 2.45) is 0 Å². The molecule has 212 valence electrons. The first-order valence-electron chi connectivity index (χ1n) is 12.8. The summed E-state index contributed by atoms with van der Waals surface area (Å²) in [5.41, 5.74) is 0.210. The summed E-state index contributed by atoms with van der Waals surface area (Å²) in [6.45, 7) is 5.72. The molecule has 0 bridgehead atoms. The molecule has 2 aromatic heterocycles. The fourth-order valence-electron chi connectivity index (χ4n) is 4.80. The van der Waals surface area contributed by atoms with E-state index in [-0.39, 0.29) is 35.5 Å². The van der Waals surface area contributed by atoms with Crippen LogP contribution in [0.2, 0.25) is 0 Å². The van der Waals surface area contributed by atoms with Crippen LogP contribution in [0.1, 0.15) is 38.2 Å². The summed E-state index contributed by atoms with van der Waals surface area (Å²) in [5.74, 6) is -5.66. The number of carbonyl (C=O) groups excluding carboxylic acids is 3. The molecule has 1 saturated carbocycles. The highest BCUT2D eigenvalue weighted by molar-refractivity contribution is 6.11. The first-order chi connectivity index (χ1) is 19.5. The molecule has 0 spiro atoms. The van der Waals surface area contributed by atoms with E-state index in [1.165, 1.54) is 30.6 Å². The fraction of sp³-hybridized carbons (Fsp3) is 0.310. The molecular formula is C29H27F3N6O3. The van der Waals surface area contributed by atoms with Crippen LogP contribution in [0, 0.1) is 17.1 Å². The number of hydrogen-bond acceptors (Lipinski definition) is 6. The van der Waals surface area contributed by atoms with Gasteiger partial charge in [0.05, 0.1) is 29.7 Å². The molecule has 0 aromatic carbocycles. The summed E-state index contributed by atoms with van der Waals surface area (Å²) in [7, 11) is 0. The lowest BCUT2D eigenvalue weighted by Gasteiger charge is -2.39. The van der Waals surface area contributed by atoms with Gasteiger partial charge in [-0.15, -0.1) is 0 Å². The van der Waals surface area contributed by atoms with E-state index in [1.807, 2.05) is 6.07 Å². The molecule has 1 saturated heterocycles. The number of nitrogens with one attached hydrogen (secondary N) is 1. The van der Waals surface area contributed by atoms with E-state index < -0.39 is 60.4 Å². The van der Waals surface area contributed by atoms with Crippen LogP contribution in [0.5, 0.6) is 0 Å². The molecule has 0 unspecified atom stereocenters. The van der Waals surface area contributed by atoms with Gasteiger partial charge in [-0.05, 0) is 31.1 Å². The van der Waals surface area contributed by atoms with Gasteiger partial charge in [0.2, 0.25) is 11.8 Å². The highest BCUT2D eigenvalue weighted by atomic mass is 19.3. The number of allylic oxidation sites excluding steroid dienone is 3. The summed E-state index contributed by atoms with van der Waals surface area (Å²) in [4.78, 5) is 51.0. The lowest BCUT2D eigenvalue weighted by atomic mass is 9.87. The quantitative estimate of drug-likeness (QED) is 0.460. The van der Waals surface area contributed by atoms with Crippen LogP contribution in [0.15, 0.2) is 73.2 Å². The second-order valence-corrected chi connectivity index (χ2v) is 9.73. The van der Waals surface area contributed by atoms with Crippen molar-refractivity contribution in [3.8, 4) is 6.07 Å². The molecule has 1 aliphatic heterocycles. The first kappa shape index (κ1) is 29.2. The van der Waals surface area contributed by atoms with Gasteiger partial charge in [-0.2, -0.15) is 5.26 Å². The second kappa shape index (κ2) is 12.2. The zero-order valence-corrected chi connectivity index (χ0v) is 22.1. The van der Waals surface area contributed by atoms with Crippen molar-refractivity contribution >= 4 is 29.2 Å². The Morgan fingerprint density at radius 3 is 2.71 bits per heavy atom. The SMILES string of the molecule is C=C(/C=C\C=C/C)[C@@H](C(=O)NC1CC(F)(F)C1)N(C(=O)[C@@H]1CCC(=O)N1c1cc(C#N)ccn1)c1cncc(F)c1. The van der Waals surface area contributed by atoms with Gasteiger partial charge in [0.15, 0.2) is 0 Å². The van der Waals surface area contributed by atoms with Crippen LogP contribution in [0.3, 0.4) is 0 Å². The third kappa shape index (κ3) is 6.51. The predicted octanol–water partition coefficient (Wildman–Crippen LogP) is 3.99. The standard InChI is InChI=1S/C29H27F3N6O3/c1-3-4-5-6-18(2)26(27(40)36-21-13-29(31,32)14-21)37(22-12-20(30)16-34-17-22)28(41)23-7-8-25(39)38(23)24-11-19(15-33)9-10-35-24/h3-6,9-12,16-17,21,23,26H,2,7-8,13-14H2,1H3,(H,36,40)/b4-3-,6-5-/t23-,26-/m0/s1. The van der Waals surface area contributed by atoms with E-state index in [0.717, 1.165) is 22.1 Å². The van der Waals surface area contributed by atoms with E-state index >= 15 is 0 Å². The van der Waals surface area contributed by atoms with Gasteiger partial charge in [0.25, 0.3) is 11.8 Å². The molecule has 3 heterocycles. The molecule has 41 heavy (non-hydrogen) atoms. The number of halogens is 3. The summed E-state index contributed by atoms with van der Waals surface area (Å²) < 4.78 is 41.5. The van der Waals surface area contributed by atoms with E-state index in [9.17, 15) is 32.8 Å². The molecule has 4 rings (SSSR count). The van der Waals surface area contributed by atoms with Crippen LogP contribution < -0.4 is 15.1 Å². The smallest absolute Gasteiger partial charge is 0.252 e. The minimum atomic E-state index is -2.91. The van der Waals surface area contributed by atoms with E-state index in [2.05, 4.69) is 21.9 Å². The Bertz CT molecular complexity index is 1460. The number of amides is 3. The summed E-state index contributed by atoms with van der Waals surface area (Å²) in [5, 5.41) is 11.9. The molecule has 2 atom stereocenters. The van der Waals surface area contributed by atoms with Crippen LogP contribution in [-0.2, 0) is 14.4 Å². The zero-order valence-electron chi connectivity index (χ0n) is 22.1. The van der Waals surface area contributed by atoms with Gasteiger partial charge < -0.3 is 5.32 Å². The van der Waals surface area contributed by atoms with Gasteiger partial charge >= 0.3 is 0 Å². The molecule has 1 N–H and O–H groups in total. The Morgan fingerprint density at radius 1 is 1.29 bits per heavy atom. The number of alkyl halides is 2. The van der Waals surface area contributed by atoms with Crippen LogP contribution in [0.4, 0.5) is 24.7 Å². The monoisotopic (exact) mass is 564 g/mol. The van der Waals surface area contributed by atoms with E-state index in [1.54, 1.807) is 25.2 Å². The summed E-state index contributed by atoms with van der Waals surface area (Å²) >= 11 is 0. The Hall–Kier alpha value is -4.79. The number of hydrogen-bond donors (Lipinski definition) is 1. The van der Waals surface area contributed by atoms with Crippen LogP contribution in [0.25, 0.3) is 0 Å². The number of aromatic nitrogens is 2. The molecule has 2 aliphatic rings. The minimum Gasteiger partial charge on any atom is -0.351 e. The van der Waals surface area contributed by atoms with Crippen LogP contribution in [-0.4, -0.2) is 51.7 Å². The van der Waals surface area contributed by atoms with Gasteiger partial charge in [0, 0.05) is 37.6 Å². The molecule has 0 radical (unpaired) electrons. The number of anilines is 2. The molecular weight excluding hydrogens is 537 g/mol. The van der Waals surface area contributed by atoms with Crippen molar-refractivity contribution in [2.75, 3.05) is 9.80 Å². The number of pyridine rings is 2. The third-order valence-electron chi connectivity index (χ3n) is 6.73. The number of rotatable bonds is 9. The summed E-state index contributed by atoms with van der Waals surface area (Å²) in [6.07, 6.45) is 8.75. The zero-order chi connectivity index (χ0) is 29.7. The number of nitriles is 1. The molecule has 2 fully saturated rings. The van der Waals surface area contributed by atoms with Crippen molar-refractivity contribution < 1.29 is 27.6 Å². The Balaban J connectivity index is 1.78. The Labute approximate surface area is 234 Å². The highest BCUT2D eigenvalue weighted by Crippen LogP contribution is 2.38. The maximum absolute atomic E-state index is 14.4. The third-order valence-corrected chi connectivity index (χ3v) is 6.73. The van der Waals surface area contributed by atoms with Crippen molar-refractivity contribution in [2.45, 2.75) is 56.7 Å². The Kier molecular flexibility index (Phi) is 8.66. The Morgan fingerprint density at radius 2 is 2.05 bits per heavy atom. The highest BCUT2D eigenvalue weighted by Gasteiger charge is 2.48. The average molecular weight is 565 g/mol. The van der Waals surface area contributed by atoms with Crippen LogP contribution >= 0.6 is 0 Å². The molecule has 2 aromatic rings. The van der Waals surface area contributed by atoms with Crippen molar-refractivity contribution in [3.05, 3.63) is 84.6 Å². The summed E-state index contributed by atoms with van der Waals surface area (Å²) in [6, 6.07) is 2.24. The number of carbonyl (C=O) groups is 3. The first-order valence-corrected chi connectivity index (χ1v) is 12.8. The van der Waals surface area contributed by atoms with Crippen molar-refractivity contribution in [1.82, 2.24) is 15.3 Å². The molecule has 3 amide bonds. The topological polar surface area (TPSA) is 119 Å². The minimum absolute atomic E-state index is 0.0275. The molecule has 12 heteroatoms. The van der Waals surface area contributed by atoms with Crippen molar-refractivity contribution in [3.63, 3.8) is 0 Å². The van der Waals surface area contributed by atoms with Gasteiger partial charge in [-0.3, -0.25) is 29.2 Å². The largest absolute Gasteiger partial charge is 0.351 e. The second-order valence-electron chi connectivity index (χ2n) is 9.73. The van der Waals surface area contributed by atoms with E-state index in [4.69, 9.17) is 0 Å². The van der Waals surface area contributed by atoms with Gasteiger partial charge in [-0.1, -0.05) is 30.9 Å². The molecule has 9 nitrogen and oxygen atoms in total. The van der Waals surface area contributed by atoms with Crippen molar-refractivity contribution in [1.29, 1.82) is 5.26 Å². The predicted molar refractivity (Wildman–Crippen MR) is 144 cm³/mol. The maximum Gasteiger partial charge on any atom is 0.252 e. The normalized spacial score (nSPS) is 19.1. The average Bonchev–Trinajstić information content (AvgIpc) is 3.31. The molecule has 1 aliphatic carbocycles. The lowest BCUT2D eigenvalue weighted by Crippen LogP contribution is -2.59. The maximum atomic E-state index is 14.4. The van der Waals surface area contributed by atoms with Gasteiger partial charge in [0.1, 0.15) is 23.7 Å². The number of nitrogens with zero attached hydrogens (tertiary/aromatic N) is 5. The fourth-order valence-corrected chi connectivity index (χ4v) is 4.80. The van der Waals surface area contributed by atoms with Gasteiger partial charge in [-0.25, -0.2) is 18.2 Å². The van der Waals surface area contributed by atoms with E-state index in [0.29, 0.717) is 0 Å².